The van der Waals surface area contributed by atoms with E-state index in [4.69, 9.17) is 16.3 Å². The number of pyridine rings is 1. The summed E-state index contributed by atoms with van der Waals surface area (Å²) in [7, 11) is 1.57. The molecule has 1 aromatic carbocycles. The van der Waals surface area contributed by atoms with Gasteiger partial charge in [0.15, 0.2) is 0 Å². The van der Waals surface area contributed by atoms with Crippen LogP contribution in [0.5, 0.6) is 5.75 Å². The summed E-state index contributed by atoms with van der Waals surface area (Å²) in [4.78, 5) is 16.0. The highest BCUT2D eigenvalue weighted by Gasteiger charge is 2.09. The zero-order chi connectivity index (χ0) is 13.8. The second-order valence-corrected chi connectivity index (χ2v) is 4.96. The molecule has 2 aromatic rings. The molecular formula is C13H10BrClN2O2. The number of carbonyl (C=O) groups is 1. The quantitative estimate of drug-likeness (QED) is 0.925. The number of benzene rings is 1. The maximum absolute atomic E-state index is 12.0. The Balaban J connectivity index is 2.16. The Morgan fingerprint density at radius 1 is 1.37 bits per heavy atom. The minimum absolute atomic E-state index is 0.252. The summed E-state index contributed by atoms with van der Waals surface area (Å²) in [6.45, 7) is 0. The molecule has 0 unspecified atom stereocenters. The van der Waals surface area contributed by atoms with Crippen LogP contribution in [0, 0.1) is 0 Å². The summed E-state index contributed by atoms with van der Waals surface area (Å²) < 4.78 is 5.82. The molecule has 0 aliphatic heterocycles. The van der Waals surface area contributed by atoms with Gasteiger partial charge in [0.1, 0.15) is 11.6 Å². The Kier molecular flexibility index (Phi) is 4.39. The highest BCUT2D eigenvalue weighted by molar-refractivity contribution is 9.10. The van der Waals surface area contributed by atoms with Crippen molar-refractivity contribution in [3.63, 3.8) is 0 Å². The van der Waals surface area contributed by atoms with Gasteiger partial charge in [0.2, 0.25) is 0 Å². The molecule has 1 amide bonds. The third kappa shape index (κ3) is 3.45. The first-order valence-electron chi connectivity index (χ1n) is 5.36. The molecule has 1 heterocycles. The highest BCUT2D eigenvalue weighted by Crippen LogP contribution is 2.25. The molecule has 0 aliphatic rings. The van der Waals surface area contributed by atoms with E-state index in [9.17, 15) is 4.79 Å². The van der Waals surface area contributed by atoms with E-state index in [0.29, 0.717) is 26.6 Å². The number of hydrogen-bond donors (Lipinski definition) is 1. The molecule has 0 saturated carbocycles. The topological polar surface area (TPSA) is 51.2 Å². The minimum Gasteiger partial charge on any atom is -0.496 e. The van der Waals surface area contributed by atoms with Crippen LogP contribution < -0.4 is 10.1 Å². The summed E-state index contributed by atoms with van der Waals surface area (Å²) in [5.41, 5.74) is 0.504. The van der Waals surface area contributed by atoms with E-state index in [1.54, 1.807) is 37.4 Å². The van der Waals surface area contributed by atoms with Crippen LogP contribution in [0.25, 0.3) is 0 Å². The SMILES string of the molecule is COc1ccc(C(=O)Nc2ccc(Cl)cn2)cc1Br. The van der Waals surface area contributed by atoms with Gasteiger partial charge in [-0.1, -0.05) is 11.6 Å². The third-order valence-electron chi connectivity index (χ3n) is 2.38. The van der Waals surface area contributed by atoms with Crippen LogP contribution in [0.15, 0.2) is 41.0 Å². The molecule has 6 heteroatoms. The van der Waals surface area contributed by atoms with E-state index in [2.05, 4.69) is 26.2 Å². The normalized spacial score (nSPS) is 10.1. The van der Waals surface area contributed by atoms with Crippen molar-refractivity contribution in [2.75, 3.05) is 12.4 Å². The first-order chi connectivity index (χ1) is 9.10. The van der Waals surface area contributed by atoms with Crippen molar-refractivity contribution < 1.29 is 9.53 Å². The molecule has 0 bridgehead atoms. The van der Waals surface area contributed by atoms with Gasteiger partial charge in [-0.15, -0.1) is 0 Å². The number of methoxy groups -OCH3 is 1. The molecule has 0 spiro atoms. The summed E-state index contributed by atoms with van der Waals surface area (Å²) in [5.74, 6) is 0.862. The van der Waals surface area contributed by atoms with Crippen LogP contribution in [-0.2, 0) is 0 Å². The fourth-order valence-electron chi connectivity index (χ4n) is 1.45. The van der Waals surface area contributed by atoms with E-state index >= 15 is 0 Å². The predicted octanol–water partition coefficient (Wildman–Crippen LogP) is 3.76. The third-order valence-corrected chi connectivity index (χ3v) is 3.23. The number of nitrogens with one attached hydrogen (secondary N) is 1. The molecule has 98 valence electrons. The molecule has 0 radical (unpaired) electrons. The number of rotatable bonds is 3. The van der Waals surface area contributed by atoms with Gasteiger partial charge < -0.3 is 10.1 Å². The molecule has 0 saturated heterocycles. The lowest BCUT2D eigenvalue weighted by molar-refractivity contribution is 0.102. The van der Waals surface area contributed by atoms with Crippen molar-refractivity contribution in [3.8, 4) is 5.75 Å². The number of aromatic nitrogens is 1. The van der Waals surface area contributed by atoms with Crippen molar-refractivity contribution in [3.05, 3.63) is 51.6 Å². The average molecular weight is 342 g/mol. The fourth-order valence-corrected chi connectivity index (χ4v) is 2.10. The van der Waals surface area contributed by atoms with Crippen molar-refractivity contribution in [1.29, 1.82) is 0 Å². The number of halogens is 2. The smallest absolute Gasteiger partial charge is 0.256 e. The number of anilines is 1. The number of amides is 1. The van der Waals surface area contributed by atoms with E-state index in [-0.39, 0.29) is 5.91 Å². The predicted molar refractivity (Wildman–Crippen MR) is 77.9 cm³/mol. The first kappa shape index (κ1) is 13.8. The van der Waals surface area contributed by atoms with Crippen molar-refractivity contribution in [2.24, 2.45) is 0 Å². The Bertz CT molecular complexity index is 602. The molecule has 0 fully saturated rings. The van der Waals surface area contributed by atoms with Crippen LogP contribution in [-0.4, -0.2) is 18.0 Å². The highest BCUT2D eigenvalue weighted by atomic mass is 79.9. The number of ether oxygens (including phenoxy) is 1. The van der Waals surface area contributed by atoms with Gasteiger partial charge in [0, 0.05) is 11.8 Å². The molecular weight excluding hydrogens is 332 g/mol. The maximum Gasteiger partial charge on any atom is 0.256 e. The largest absolute Gasteiger partial charge is 0.496 e. The minimum atomic E-state index is -0.252. The van der Waals surface area contributed by atoms with Gasteiger partial charge in [-0.3, -0.25) is 4.79 Å². The molecule has 1 N–H and O–H groups in total. The van der Waals surface area contributed by atoms with Gasteiger partial charge in [0.05, 0.1) is 16.6 Å². The number of carbonyl (C=O) groups excluding carboxylic acids is 1. The molecule has 0 atom stereocenters. The van der Waals surface area contributed by atoms with Gasteiger partial charge in [-0.2, -0.15) is 0 Å². The zero-order valence-corrected chi connectivity index (χ0v) is 12.3. The van der Waals surface area contributed by atoms with E-state index < -0.39 is 0 Å². The number of nitrogens with zero attached hydrogens (tertiary/aromatic N) is 1. The monoisotopic (exact) mass is 340 g/mol. The summed E-state index contributed by atoms with van der Waals surface area (Å²) in [6.07, 6.45) is 1.47. The van der Waals surface area contributed by atoms with Gasteiger partial charge in [-0.05, 0) is 46.3 Å². The van der Waals surface area contributed by atoms with Crippen molar-refractivity contribution in [2.45, 2.75) is 0 Å². The van der Waals surface area contributed by atoms with Crippen LogP contribution in [0.1, 0.15) is 10.4 Å². The van der Waals surface area contributed by atoms with Crippen LogP contribution in [0.4, 0.5) is 5.82 Å². The van der Waals surface area contributed by atoms with Crippen molar-refractivity contribution >= 4 is 39.3 Å². The standard InChI is InChI=1S/C13H10BrClN2O2/c1-19-11-4-2-8(6-10(11)14)13(18)17-12-5-3-9(15)7-16-12/h2-7H,1H3,(H,16,17,18). The van der Waals surface area contributed by atoms with E-state index in [0.717, 1.165) is 0 Å². The number of hydrogen-bond acceptors (Lipinski definition) is 3. The molecule has 2 rings (SSSR count). The second-order valence-electron chi connectivity index (χ2n) is 3.67. The Morgan fingerprint density at radius 3 is 2.74 bits per heavy atom. The Labute approximate surface area is 123 Å². The van der Waals surface area contributed by atoms with E-state index in [1.807, 2.05) is 0 Å². The Morgan fingerprint density at radius 2 is 2.16 bits per heavy atom. The van der Waals surface area contributed by atoms with Gasteiger partial charge >= 0.3 is 0 Å². The lowest BCUT2D eigenvalue weighted by Crippen LogP contribution is -2.12. The first-order valence-corrected chi connectivity index (χ1v) is 6.53. The van der Waals surface area contributed by atoms with E-state index in [1.165, 1.54) is 6.20 Å². The van der Waals surface area contributed by atoms with Gasteiger partial charge in [0.25, 0.3) is 5.91 Å². The van der Waals surface area contributed by atoms with Crippen LogP contribution in [0.2, 0.25) is 5.02 Å². The summed E-state index contributed by atoms with van der Waals surface area (Å²) >= 11 is 9.06. The van der Waals surface area contributed by atoms with Crippen LogP contribution >= 0.6 is 27.5 Å². The maximum atomic E-state index is 12.0. The lowest BCUT2D eigenvalue weighted by atomic mass is 10.2. The van der Waals surface area contributed by atoms with Crippen LogP contribution in [0.3, 0.4) is 0 Å². The molecule has 4 nitrogen and oxygen atoms in total. The molecule has 19 heavy (non-hydrogen) atoms. The summed E-state index contributed by atoms with van der Waals surface area (Å²) in [6, 6.07) is 8.38. The second kappa shape index (κ2) is 6.04. The van der Waals surface area contributed by atoms with Gasteiger partial charge in [-0.25, -0.2) is 4.98 Å². The zero-order valence-electron chi connectivity index (χ0n) is 9.98. The Hall–Kier alpha value is -1.59. The average Bonchev–Trinajstić information content (AvgIpc) is 2.41. The summed E-state index contributed by atoms with van der Waals surface area (Å²) in [5, 5.41) is 3.20. The fraction of sp³-hybridized carbons (Fsp3) is 0.0769. The molecule has 0 aliphatic carbocycles. The lowest BCUT2D eigenvalue weighted by Gasteiger charge is -2.07. The van der Waals surface area contributed by atoms with Crippen molar-refractivity contribution in [1.82, 2.24) is 4.98 Å². The molecule has 1 aromatic heterocycles.